The van der Waals surface area contributed by atoms with E-state index in [9.17, 15) is 9.59 Å². The van der Waals surface area contributed by atoms with Gasteiger partial charge in [0.05, 0.1) is 31.9 Å². The zero-order valence-electron chi connectivity index (χ0n) is 16.3. The van der Waals surface area contributed by atoms with Crippen molar-refractivity contribution >= 4 is 51.8 Å². The van der Waals surface area contributed by atoms with Crippen molar-refractivity contribution in [3.05, 3.63) is 52.4 Å². The van der Waals surface area contributed by atoms with Gasteiger partial charge in [-0.25, -0.2) is 0 Å². The van der Waals surface area contributed by atoms with E-state index >= 15 is 0 Å². The quantitative estimate of drug-likeness (QED) is 0.385. The Morgan fingerprint density at radius 1 is 1.00 bits per heavy atom. The molecule has 2 aromatic carbocycles. The van der Waals surface area contributed by atoms with Crippen LogP contribution in [0.5, 0.6) is 17.2 Å². The molecule has 1 amide bonds. The minimum Gasteiger partial charge on any atom is -0.493 e. The van der Waals surface area contributed by atoms with Crippen molar-refractivity contribution in [1.29, 1.82) is 0 Å². The summed E-state index contributed by atoms with van der Waals surface area (Å²) in [6, 6.07) is 10.3. The summed E-state index contributed by atoms with van der Waals surface area (Å²) in [6.45, 7) is 1.49. The Balaban J connectivity index is 1.97. The van der Waals surface area contributed by atoms with E-state index in [1.165, 1.54) is 37.8 Å². The van der Waals surface area contributed by atoms with Crippen LogP contribution in [-0.4, -0.2) is 37.3 Å². The molecule has 0 N–H and O–H groups in total. The molecule has 6 nitrogen and oxygen atoms in total. The van der Waals surface area contributed by atoms with E-state index in [4.69, 9.17) is 26.4 Å². The van der Waals surface area contributed by atoms with Crippen LogP contribution in [0.2, 0.25) is 0 Å². The van der Waals surface area contributed by atoms with E-state index in [-0.39, 0.29) is 11.7 Å². The highest BCUT2D eigenvalue weighted by molar-refractivity contribution is 8.27. The van der Waals surface area contributed by atoms with Crippen LogP contribution in [0, 0.1) is 0 Å². The van der Waals surface area contributed by atoms with Crippen LogP contribution in [0.15, 0.2) is 41.3 Å². The van der Waals surface area contributed by atoms with Crippen LogP contribution in [0.3, 0.4) is 0 Å². The summed E-state index contributed by atoms with van der Waals surface area (Å²) < 4.78 is 16.6. The maximum absolute atomic E-state index is 13.0. The summed E-state index contributed by atoms with van der Waals surface area (Å²) in [5, 5.41) is 0. The van der Waals surface area contributed by atoms with Gasteiger partial charge in [0.25, 0.3) is 5.91 Å². The van der Waals surface area contributed by atoms with Crippen molar-refractivity contribution < 1.29 is 23.8 Å². The van der Waals surface area contributed by atoms with Gasteiger partial charge in [0.15, 0.2) is 21.6 Å². The lowest BCUT2D eigenvalue weighted by Gasteiger charge is -2.15. The lowest BCUT2D eigenvalue weighted by atomic mass is 10.1. The summed E-state index contributed by atoms with van der Waals surface area (Å²) in [7, 11) is 4.59. The van der Waals surface area contributed by atoms with Crippen molar-refractivity contribution in [3.8, 4) is 17.2 Å². The predicted molar refractivity (Wildman–Crippen MR) is 118 cm³/mol. The first kappa shape index (κ1) is 20.9. The minimum atomic E-state index is -0.243. The molecule has 0 aromatic heterocycles. The number of methoxy groups -OCH3 is 3. The summed E-state index contributed by atoms with van der Waals surface area (Å²) in [5.74, 6) is 1.15. The van der Waals surface area contributed by atoms with Gasteiger partial charge in [-0.1, -0.05) is 24.0 Å². The summed E-state index contributed by atoms with van der Waals surface area (Å²) >= 11 is 6.61. The second-order valence-electron chi connectivity index (χ2n) is 6.04. The molecule has 0 spiro atoms. The van der Waals surface area contributed by atoms with E-state index in [0.717, 1.165) is 0 Å². The standard InChI is InChI=1S/C21H19NO5S2/c1-12(23)13-5-8-15(9-6-13)22-20(24)17(29-21(22)28)11-14-7-10-16(25-2)19(27-4)18(14)26-3/h5-11H,1-4H3. The molecule has 0 aliphatic carbocycles. The SMILES string of the molecule is COc1ccc(C=C2SC(=S)N(c3ccc(C(C)=O)cc3)C2=O)c(OC)c1OC. The summed E-state index contributed by atoms with van der Waals surface area (Å²) in [6.07, 6.45) is 1.71. The monoisotopic (exact) mass is 429 g/mol. The summed E-state index contributed by atoms with van der Waals surface area (Å²) in [5.41, 5.74) is 1.85. The van der Waals surface area contributed by atoms with Crippen LogP contribution in [0.4, 0.5) is 5.69 Å². The van der Waals surface area contributed by atoms with Gasteiger partial charge in [-0.05, 0) is 49.4 Å². The van der Waals surface area contributed by atoms with Gasteiger partial charge >= 0.3 is 0 Å². The number of hydrogen-bond acceptors (Lipinski definition) is 7. The zero-order chi connectivity index (χ0) is 21.1. The lowest BCUT2D eigenvalue weighted by molar-refractivity contribution is -0.113. The number of carbonyl (C=O) groups excluding carboxylic acids is 2. The molecule has 3 rings (SSSR count). The van der Waals surface area contributed by atoms with Gasteiger partial charge < -0.3 is 14.2 Å². The number of rotatable bonds is 6. The van der Waals surface area contributed by atoms with Gasteiger partial charge in [-0.3, -0.25) is 14.5 Å². The van der Waals surface area contributed by atoms with Crippen LogP contribution in [0.1, 0.15) is 22.8 Å². The Bertz CT molecular complexity index is 1010. The highest BCUT2D eigenvalue weighted by Gasteiger charge is 2.33. The van der Waals surface area contributed by atoms with E-state index in [2.05, 4.69) is 0 Å². The average molecular weight is 430 g/mol. The Hall–Kier alpha value is -2.84. The molecule has 1 heterocycles. The Morgan fingerprint density at radius 2 is 1.66 bits per heavy atom. The molecule has 1 aliphatic heterocycles. The van der Waals surface area contributed by atoms with Gasteiger partial charge in [0.2, 0.25) is 5.75 Å². The second kappa shape index (κ2) is 8.67. The maximum atomic E-state index is 13.0. The highest BCUT2D eigenvalue weighted by atomic mass is 32.2. The molecule has 1 fully saturated rings. The van der Waals surface area contributed by atoms with Crippen molar-refractivity contribution in [3.63, 3.8) is 0 Å². The number of amides is 1. The number of anilines is 1. The van der Waals surface area contributed by atoms with Gasteiger partial charge in [-0.15, -0.1) is 0 Å². The molecule has 0 bridgehead atoms. The normalized spacial score (nSPS) is 15.0. The number of carbonyl (C=O) groups is 2. The van der Waals surface area contributed by atoms with Crippen LogP contribution in [-0.2, 0) is 4.79 Å². The van der Waals surface area contributed by atoms with Crippen LogP contribution in [0.25, 0.3) is 6.08 Å². The molecular weight excluding hydrogens is 410 g/mol. The third kappa shape index (κ3) is 3.99. The molecule has 0 unspecified atom stereocenters. The third-order valence-electron chi connectivity index (χ3n) is 4.35. The van der Waals surface area contributed by atoms with Gasteiger partial charge in [0, 0.05) is 11.1 Å². The molecule has 29 heavy (non-hydrogen) atoms. The van der Waals surface area contributed by atoms with Crippen LogP contribution < -0.4 is 19.1 Å². The minimum absolute atomic E-state index is 0.0395. The van der Waals surface area contributed by atoms with Crippen molar-refractivity contribution in [2.24, 2.45) is 0 Å². The third-order valence-corrected chi connectivity index (χ3v) is 5.65. The van der Waals surface area contributed by atoms with E-state index < -0.39 is 0 Å². The average Bonchev–Trinajstić information content (AvgIpc) is 3.00. The summed E-state index contributed by atoms with van der Waals surface area (Å²) in [4.78, 5) is 26.4. The van der Waals surface area contributed by atoms with Crippen molar-refractivity contribution in [2.45, 2.75) is 6.92 Å². The first-order valence-electron chi connectivity index (χ1n) is 8.59. The number of ether oxygens (including phenoxy) is 3. The number of Topliss-reactive ketones (excluding diaryl/α,β-unsaturated/α-hetero) is 1. The molecule has 0 radical (unpaired) electrons. The number of hydrogen-bond donors (Lipinski definition) is 0. The smallest absolute Gasteiger partial charge is 0.270 e. The fourth-order valence-corrected chi connectivity index (χ4v) is 4.20. The number of thiocarbonyl (C=S) groups is 1. The van der Waals surface area contributed by atoms with Crippen molar-refractivity contribution in [2.75, 3.05) is 26.2 Å². The largest absolute Gasteiger partial charge is 0.493 e. The topological polar surface area (TPSA) is 65.1 Å². The highest BCUT2D eigenvalue weighted by Crippen LogP contribution is 2.43. The van der Waals surface area contributed by atoms with Gasteiger partial charge in [0.1, 0.15) is 0 Å². The Kier molecular flexibility index (Phi) is 6.24. The fourth-order valence-electron chi connectivity index (χ4n) is 2.91. The molecule has 0 atom stereocenters. The molecular formula is C21H19NO5S2. The Labute approximate surface area is 178 Å². The predicted octanol–water partition coefficient (Wildman–Crippen LogP) is 4.32. The number of benzene rings is 2. The van der Waals surface area contributed by atoms with Crippen molar-refractivity contribution in [1.82, 2.24) is 0 Å². The first-order chi connectivity index (χ1) is 13.9. The van der Waals surface area contributed by atoms with Crippen LogP contribution >= 0.6 is 24.0 Å². The molecule has 0 saturated carbocycles. The zero-order valence-corrected chi connectivity index (χ0v) is 18.0. The molecule has 1 aliphatic rings. The van der Waals surface area contributed by atoms with Gasteiger partial charge in [-0.2, -0.15) is 0 Å². The number of thioether (sulfide) groups is 1. The Morgan fingerprint density at radius 3 is 2.21 bits per heavy atom. The molecule has 150 valence electrons. The fraction of sp³-hybridized carbons (Fsp3) is 0.190. The molecule has 1 saturated heterocycles. The first-order valence-corrected chi connectivity index (χ1v) is 9.81. The molecule has 2 aromatic rings. The number of ketones is 1. The van der Waals surface area contributed by atoms with E-state index in [0.29, 0.717) is 43.3 Å². The second-order valence-corrected chi connectivity index (χ2v) is 7.72. The molecule has 8 heteroatoms. The van der Waals surface area contributed by atoms with E-state index in [1.807, 2.05) is 0 Å². The maximum Gasteiger partial charge on any atom is 0.270 e. The number of nitrogens with zero attached hydrogens (tertiary/aromatic N) is 1. The lowest BCUT2D eigenvalue weighted by Crippen LogP contribution is -2.27. The van der Waals surface area contributed by atoms with E-state index in [1.54, 1.807) is 49.6 Å².